The second-order valence-electron chi connectivity index (χ2n) is 8.11. The molecule has 5 rings (SSSR count). The van der Waals surface area contributed by atoms with Gasteiger partial charge in [0, 0.05) is 17.2 Å². The number of nitrogens with one attached hydrogen (secondary N) is 2. The van der Waals surface area contributed by atoms with Crippen molar-refractivity contribution in [1.29, 1.82) is 5.41 Å². The van der Waals surface area contributed by atoms with Gasteiger partial charge >= 0.3 is 6.18 Å². The minimum absolute atomic E-state index is 0.0398. The molecule has 7 heteroatoms. The Morgan fingerprint density at radius 1 is 0.968 bits per heavy atom. The van der Waals surface area contributed by atoms with Gasteiger partial charge in [-0.2, -0.15) is 13.2 Å². The lowest BCUT2D eigenvalue weighted by molar-refractivity contribution is -0.138. The zero-order valence-corrected chi connectivity index (χ0v) is 16.3. The third kappa shape index (κ3) is 3.15. The van der Waals surface area contributed by atoms with Crippen LogP contribution in [0.15, 0.2) is 60.7 Å². The molecule has 0 aromatic heterocycles. The van der Waals surface area contributed by atoms with E-state index in [9.17, 15) is 17.6 Å². The van der Waals surface area contributed by atoms with Crippen molar-refractivity contribution in [2.45, 2.75) is 24.6 Å². The summed E-state index contributed by atoms with van der Waals surface area (Å²) in [6.07, 6.45) is -4.07. The molecule has 1 aliphatic heterocycles. The topological polar surface area (TPSA) is 61.9 Å². The van der Waals surface area contributed by atoms with Gasteiger partial charge < -0.3 is 11.1 Å². The number of hydrogen-bond donors (Lipinski definition) is 3. The first-order chi connectivity index (χ1) is 14.7. The van der Waals surface area contributed by atoms with E-state index in [1.54, 1.807) is 12.1 Å². The first-order valence-electron chi connectivity index (χ1n) is 9.93. The molecule has 3 aromatic carbocycles. The SMILES string of the molecule is N=C(N)c1ccc2c(c1)C1c3ccccc3CC1C(c1ccc(F)cc1C(F)(F)F)N2. The molecule has 0 amide bonds. The summed E-state index contributed by atoms with van der Waals surface area (Å²) in [5, 5.41) is 11.1. The number of amidine groups is 1. The van der Waals surface area contributed by atoms with E-state index in [1.807, 2.05) is 30.3 Å². The van der Waals surface area contributed by atoms with Crippen LogP contribution in [0.1, 0.15) is 45.3 Å². The Morgan fingerprint density at radius 3 is 2.48 bits per heavy atom. The zero-order chi connectivity index (χ0) is 21.9. The molecule has 4 N–H and O–H groups in total. The van der Waals surface area contributed by atoms with Crippen molar-refractivity contribution >= 4 is 11.5 Å². The third-order valence-corrected chi connectivity index (χ3v) is 6.37. The first-order valence-corrected chi connectivity index (χ1v) is 9.93. The molecule has 0 bridgehead atoms. The quantitative estimate of drug-likeness (QED) is 0.284. The van der Waals surface area contributed by atoms with E-state index in [1.165, 1.54) is 6.07 Å². The van der Waals surface area contributed by atoms with Gasteiger partial charge in [0.05, 0.1) is 11.6 Å². The number of rotatable bonds is 2. The van der Waals surface area contributed by atoms with E-state index in [2.05, 4.69) is 5.32 Å². The Morgan fingerprint density at radius 2 is 1.74 bits per heavy atom. The van der Waals surface area contributed by atoms with Crippen LogP contribution >= 0.6 is 0 Å². The summed E-state index contributed by atoms with van der Waals surface area (Å²) in [5.41, 5.74) is 9.10. The maximum Gasteiger partial charge on any atom is 0.416 e. The fourth-order valence-electron chi connectivity index (χ4n) is 5.08. The highest BCUT2D eigenvalue weighted by Gasteiger charge is 2.46. The van der Waals surface area contributed by atoms with E-state index in [-0.39, 0.29) is 23.2 Å². The largest absolute Gasteiger partial charge is 0.416 e. The second kappa shape index (κ2) is 6.83. The summed E-state index contributed by atoms with van der Waals surface area (Å²) in [5.74, 6) is -1.32. The van der Waals surface area contributed by atoms with Crippen molar-refractivity contribution < 1.29 is 17.6 Å². The van der Waals surface area contributed by atoms with Crippen LogP contribution in [0.3, 0.4) is 0 Å². The number of nitrogen functional groups attached to an aromatic ring is 1. The molecule has 3 nitrogen and oxygen atoms in total. The second-order valence-corrected chi connectivity index (χ2v) is 8.11. The molecular formula is C24H19F4N3. The fourth-order valence-corrected chi connectivity index (χ4v) is 5.08. The number of nitrogens with two attached hydrogens (primary N) is 1. The molecule has 0 saturated carbocycles. The van der Waals surface area contributed by atoms with Crippen LogP contribution in [0.4, 0.5) is 23.2 Å². The van der Waals surface area contributed by atoms with Gasteiger partial charge in [0.15, 0.2) is 0 Å². The Hall–Kier alpha value is -3.35. The Bertz CT molecular complexity index is 1200. The molecule has 1 aliphatic carbocycles. The average Bonchev–Trinajstić information content (AvgIpc) is 3.12. The van der Waals surface area contributed by atoms with Crippen molar-refractivity contribution in [1.82, 2.24) is 0 Å². The molecule has 0 fully saturated rings. The number of fused-ring (bicyclic) bond motifs is 5. The molecule has 2 aliphatic rings. The number of alkyl halides is 3. The molecule has 158 valence electrons. The van der Waals surface area contributed by atoms with Crippen molar-refractivity contribution in [2.75, 3.05) is 5.32 Å². The highest BCUT2D eigenvalue weighted by molar-refractivity contribution is 5.95. The van der Waals surface area contributed by atoms with E-state index >= 15 is 0 Å². The van der Waals surface area contributed by atoms with Gasteiger partial charge in [-0.15, -0.1) is 0 Å². The monoisotopic (exact) mass is 425 g/mol. The van der Waals surface area contributed by atoms with Crippen LogP contribution < -0.4 is 11.1 Å². The van der Waals surface area contributed by atoms with Gasteiger partial charge in [-0.3, -0.25) is 5.41 Å². The van der Waals surface area contributed by atoms with Gasteiger partial charge in [-0.05, 0) is 64.9 Å². The smallest absolute Gasteiger partial charge is 0.384 e. The summed E-state index contributed by atoms with van der Waals surface area (Å²) in [7, 11) is 0. The lowest BCUT2D eigenvalue weighted by atomic mass is 9.74. The van der Waals surface area contributed by atoms with Crippen molar-refractivity contribution in [3.8, 4) is 0 Å². The molecule has 31 heavy (non-hydrogen) atoms. The van der Waals surface area contributed by atoms with Gasteiger partial charge in [0.1, 0.15) is 11.7 Å². The van der Waals surface area contributed by atoms with Crippen LogP contribution in [-0.4, -0.2) is 5.84 Å². The van der Waals surface area contributed by atoms with Crippen molar-refractivity contribution in [3.05, 3.63) is 99.9 Å². The van der Waals surface area contributed by atoms with E-state index in [0.29, 0.717) is 23.7 Å². The molecule has 1 heterocycles. The summed E-state index contributed by atoms with van der Waals surface area (Å²) >= 11 is 0. The number of hydrogen-bond acceptors (Lipinski definition) is 2. The van der Waals surface area contributed by atoms with Crippen molar-refractivity contribution in [3.63, 3.8) is 0 Å². The number of anilines is 1. The predicted molar refractivity (Wildman–Crippen MR) is 111 cm³/mol. The Kier molecular flexibility index (Phi) is 4.32. The Balaban J connectivity index is 1.71. The highest BCUT2D eigenvalue weighted by Crippen LogP contribution is 2.55. The molecule has 0 radical (unpaired) electrons. The zero-order valence-electron chi connectivity index (χ0n) is 16.3. The van der Waals surface area contributed by atoms with E-state index < -0.39 is 23.6 Å². The molecule has 3 unspecified atom stereocenters. The summed E-state index contributed by atoms with van der Waals surface area (Å²) in [6, 6.07) is 15.4. The van der Waals surface area contributed by atoms with Crippen LogP contribution in [-0.2, 0) is 12.6 Å². The minimum atomic E-state index is -4.67. The number of benzene rings is 3. The van der Waals surface area contributed by atoms with Gasteiger partial charge in [0.25, 0.3) is 0 Å². The molecule has 0 spiro atoms. The first kappa shape index (κ1) is 19.6. The van der Waals surface area contributed by atoms with Crippen LogP contribution in [0.25, 0.3) is 0 Å². The average molecular weight is 425 g/mol. The fraction of sp³-hybridized carbons (Fsp3) is 0.208. The Labute approximate surface area is 176 Å². The molecule has 3 aromatic rings. The third-order valence-electron chi connectivity index (χ3n) is 6.37. The maximum atomic E-state index is 13.8. The summed E-state index contributed by atoms with van der Waals surface area (Å²) < 4.78 is 55.1. The number of halogens is 4. The van der Waals surface area contributed by atoms with Gasteiger partial charge in [-0.25, -0.2) is 4.39 Å². The van der Waals surface area contributed by atoms with E-state index in [0.717, 1.165) is 22.8 Å². The van der Waals surface area contributed by atoms with Gasteiger partial charge in [-0.1, -0.05) is 30.3 Å². The van der Waals surface area contributed by atoms with Crippen molar-refractivity contribution in [2.24, 2.45) is 11.7 Å². The highest BCUT2D eigenvalue weighted by atomic mass is 19.4. The van der Waals surface area contributed by atoms with E-state index in [4.69, 9.17) is 11.1 Å². The predicted octanol–water partition coefficient (Wildman–Crippen LogP) is 5.60. The lowest BCUT2D eigenvalue weighted by Crippen LogP contribution is -2.32. The molecular weight excluding hydrogens is 406 g/mol. The lowest BCUT2D eigenvalue weighted by Gasteiger charge is -2.39. The molecule has 0 saturated heterocycles. The summed E-state index contributed by atoms with van der Waals surface area (Å²) in [4.78, 5) is 0. The molecule has 3 atom stereocenters. The normalized spacial score (nSPS) is 21.6. The standard InChI is InChI=1S/C24H19F4N3/c25-14-6-7-16(19(11-14)24(26,27)28)22-18-9-12-3-1-2-4-15(12)21(18)17-10-13(23(29)30)5-8-20(17)31-22/h1-8,10-11,18,21-22,31H,9H2,(H3,29,30). The van der Waals surface area contributed by atoms with Crippen LogP contribution in [0.2, 0.25) is 0 Å². The van der Waals surface area contributed by atoms with Crippen LogP contribution in [0, 0.1) is 17.1 Å². The maximum absolute atomic E-state index is 13.8. The van der Waals surface area contributed by atoms with Crippen LogP contribution in [0.5, 0.6) is 0 Å². The minimum Gasteiger partial charge on any atom is -0.384 e. The summed E-state index contributed by atoms with van der Waals surface area (Å²) in [6.45, 7) is 0. The van der Waals surface area contributed by atoms with Gasteiger partial charge in [0.2, 0.25) is 0 Å².